The van der Waals surface area contributed by atoms with Crippen LogP contribution in [0.4, 0.5) is 5.13 Å². The van der Waals surface area contributed by atoms with Gasteiger partial charge in [0, 0.05) is 12.1 Å². The Balaban J connectivity index is 1.89. The van der Waals surface area contributed by atoms with Crippen molar-refractivity contribution in [1.29, 1.82) is 0 Å². The molecule has 0 aliphatic rings. The van der Waals surface area contributed by atoms with Crippen LogP contribution >= 0.6 is 23.6 Å². The van der Waals surface area contributed by atoms with E-state index in [0.29, 0.717) is 5.11 Å². The average Bonchev–Trinajstić information content (AvgIpc) is 3.07. The zero-order chi connectivity index (χ0) is 17.5. The van der Waals surface area contributed by atoms with Crippen LogP contribution in [0, 0.1) is 0 Å². The van der Waals surface area contributed by atoms with Crippen molar-refractivity contribution in [3.63, 3.8) is 0 Å². The summed E-state index contributed by atoms with van der Waals surface area (Å²) in [4.78, 5) is 5.95. The average molecular weight is 368 g/mol. The van der Waals surface area contributed by atoms with E-state index in [1.807, 2.05) is 36.4 Å². The van der Waals surface area contributed by atoms with Gasteiger partial charge in [0.05, 0.1) is 10.6 Å². The van der Waals surface area contributed by atoms with Gasteiger partial charge in [-0.3, -0.25) is 0 Å². The van der Waals surface area contributed by atoms with Crippen LogP contribution in [0.3, 0.4) is 0 Å². The Bertz CT molecular complexity index is 756. The van der Waals surface area contributed by atoms with Crippen LogP contribution in [0.5, 0.6) is 0 Å². The highest BCUT2D eigenvalue weighted by molar-refractivity contribution is 7.80. The van der Waals surface area contributed by atoms with Gasteiger partial charge in [0.2, 0.25) is 0 Å². The third kappa shape index (κ3) is 4.65. The van der Waals surface area contributed by atoms with Crippen LogP contribution in [0.25, 0.3) is 21.7 Å². The van der Waals surface area contributed by atoms with Crippen LogP contribution in [-0.2, 0) is 0 Å². The summed E-state index contributed by atoms with van der Waals surface area (Å²) in [6.07, 6.45) is 2.24. The van der Waals surface area contributed by atoms with E-state index in [4.69, 9.17) is 17.2 Å². The van der Waals surface area contributed by atoms with Crippen LogP contribution in [-0.4, -0.2) is 16.6 Å². The molecule has 3 rings (SSSR count). The predicted molar refractivity (Wildman–Crippen MR) is 112 cm³/mol. The maximum Gasteiger partial charge on any atom is 0.190 e. The van der Waals surface area contributed by atoms with E-state index < -0.39 is 0 Å². The van der Waals surface area contributed by atoms with Gasteiger partial charge in [-0.25, -0.2) is 4.98 Å². The highest BCUT2D eigenvalue weighted by Gasteiger charge is 2.15. The molecule has 25 heavy (non-hydrogen) atoms. The van der Waals surface area contributed by atoms with Gasteiger partial charge in [0.15, 0.2) is 10.2 Å². The third-order valence-corrected chi connectivity index (χ3v) is 5.01. The van der Waals surface area contributed by atoms with Crippen molar-refractivity contribution in [3.05, 3.63) is 60.7 Å². The van der Waals surface area contributed by atoms with Gasteiger partial charge in [0.1, 0.15) is 0 Å². The predicted octanol–water partition coefficient (Wildman–Crippen LogP) is 5.56. The Kier molecular flexibility index (Phi) is 6.14. The minimum Gasteiger partial charge on any atom is -0.362 e. The zero-order valence-electron chi connectivity index (χ0n) is 14.2. The number of rotatable bonds is 6. The summed E-state index contributed by atoms with van der Waals surface area (Å²) in [5.41, 5.74) is 3.25. The molecule has 1 aromatic heterocycles. The minimum atomic E-state index is 0.626. The third-order valence-electron chi connectivity index (χ3n) is 3.75. The molecule has 0 radical (unpaired) electrons. The quantitative estimate of drug-likeness (QED) is 0.441. The summed E-state index contributed by atoms with van der Waals surface area (Å²) < 4.78 is 0. The maximum atomic E-state index is 5.38. The topological polar surface area (TPSA) is 37.0 Å². The molecule has 0 bridgehead atoms. The lowest BCUT2D eigenvalue weighted by Gasteiger charge is -2.06. The first kappa shape index (κ1) is 17.6. The largest absolute Gasteiger partial charge is 0.362 e. The molecular weight excluding hydrogens is 346 g/mol. The van der Waals surface area contributed by atoms with Crippen LogP contribution < -0.4 is 10.6 Å². The van der Waals surface area contributed by atoms with Crippen molar-refractivity contribution in [2.45, 2.75) is 19.8 Å². The lowest BCUT2D eigenvalue weighted by atomic mass is 10.1. The first-order chi connectivity index (χ1) is 12.3. The molecule has 0 saturated heterocycles. The smallest absolute Gasteiger partial charge is 0.190 e. The molecule has 0 spiro atoms. The number of hydrogen-bond donors (Lipinski definition) is 2. The summed E-state index contributed by atoms with van der Waals surface area (Å²) in [6.45, 7) is 3.04. The fraction of sp³-hybridized carbons (Fsp3) is 0.200. The molecule has 0 atom stereocenters. The maximum absolute atomic E-state index is 5.38. The molecule has 5 heteroatoms. The molecule has 3 aromatic rings. The first-order valence-electron chi connectivity index (χ1n) is 8.44. The van der Waals surface area contributed by atoms with Crippen LogP contribution in [0.15, 0.2) is 60.7 Å². The number of nitrogens with one attached hydrogen (secondary N) is 2. The van der Waals surface area contributed by atoms with Gasteiger partial charge in [-0.15, -0.1) is 0 Å². The second kappa shape index (κ2) is 8.74. The minimum absolute atomic E-state index is 0.626. The van der Waals surface area contributed by atoms with Crippen molar-refractivity contribution >= 4 is 33.8 Å². The standard InChI is InChI=1S/C20H21N3S2/c1-2-3-14-21-19(24)23-20-22-17(15-10-6-4-7-11-15)18(25-20)16-12-8-5-9-13-16/h4-13H,2-3,14H2,1H3,(H2,21,22,23,24). The van der Waals surface area contributed by atoms with Gasteiger partial charge in [-0.1, -0.05) is 85.3 Å². The molecule has 0 unspecified atom stereocenters. The van der Waals surface area contributed by atoms with E-state index in [9.17, 15) is 0 Å². The van der Waals surface area contributed by atoms with E-state index >= 15 is 0 Å². The molecule has 128 valence electrons. The van der Waals surface area contributed by atoms with Crippen molar-refractivity contribution in [2.24, 2.45) is 0 Å². The van der Waals surface area contributed by atoms with Crippen LogP contribution in [0.2, 0.25) is 0 Å². The Morgan fingerprint density at radius 2 is 1.64 bits per heavy atom. The molecule has 0 saturated carbocycles. The van der Waals surface area contributed by atoms with Gasteiger partial charge in [-0.05, 0) is 24.2 Å². The molecule has 2 N–H and O–H groups in total. The summed E-state index contributed by atoms with van der Waals surface area (Å²) in [5.74, 6) is 0. The van der Waals surface area contributed by atoms with Crippen molar-refractivity contribution < 1.29 is 0 Å². The molecule has 0 amide bonds. The first-order valence-corrected chi connectivity index (χ1v) is 9.67. The number of benzene rings is 2. The number of hydrogen-bond acceptors (Lipinski definition) is 3. The molecule has 2 aromatic carbocycles. The van der Waals surface area contributed by atoms with Gasteiger partial charge < -0.3 is 10.6 Å². The number of aromatic nitrogens is 1. The summed E-state index contributed by atoms with van der Waals surface area (Å²) in [6, 6.07) is 20.6. The van der Waals surface area contributed by atoms with Crippen molar-refractivity contribution in [2.75, 3.05) is 11.9 Å². The highest BCUT2D eigenvalue weighted by atomic mass is 32.1. The van der Waals surface area contributed by atoms with Crippen molar-refractivity contribution in [1.82, 2.24) is 10.3 Å². The molecule has 0 fully saturated rings. The molecule has 0 aliphatic heterocycles. The number of unbranched alkanes of at least 4 members (excludes halogenated alkanes) is 1. The number of anilines is 1. The normalized spacial score (nSPS) is 10.4. The number of nitrogens with zero attached hydrogens (tertiary/aromatic N) is 1. The molecular formula is C20H21N3S2. The summed E-state index contributed by atoms with van der Waals surface area (Å²) in [5, 5.41) is 7.89. The number of thiazole rings is 1. The lowest BCUT2D eigenvalue weighted by Crippen LogP contribution is -2.29. The number of thiocarbonyl (C=S) groups is 1. The van der Waals surface area contributed by atoms with E-state index in [2.05, 4.69) is 41.8 Å². The van der Waals surface area contributed by atoms with E-state index in [1.54, 1.807) is 11.3 Å². The van der Waals surface area contributed by atoms with E-state index in [1.165, 1.54) is 0 Å². The van der Waals surface area contributed by atoms with E-state index in [-0.39, 0.29) is 0 Å². The van der Waals surface area contributed by atoms with Gasteiger partial charge in [0.25, 0.3) is 0 Å². The second-order valence-electron chi connectivity index (χ2n) is 5.66. The highest BCUT2D eigenvalue weighted by Crippen LogP contribution is 2.38. The molecule has 3 nitrogen and oxygen atoms in total. The molecule has 0 aliphatic carbocycles. The van der Waals surface area contributed by atoms with Crippen molar-refractivity contribution in [3.8, 4) is 21.7 Å². The zero-order valence-corrected chi connectivity index (χ0v) is 15.8. The fourth-order valence-electron chi connectivity index (χ4n) is 2.47. The Morgan fingerprint density at radius 3 is 2.28 bits per heavy atom. The Morgan fingerprint density at radius 1 is 1.00 bits per heavy atom. The van der Waals surface area contributed by atoms with Crippen LogP contribution in [0.1, 0.15) is 19.8 Å². The fourth-order valence-corrected chi connectivity index (χ4v) is 3.73. The second-order valence-corrected chi connectivity index (χ2v) is 7.07. The molecule has 1 heterocycles. The summed E-state index contributed by atoms with van der Waals surface area (Å²) >= 11 is 7.01. The summed E-state index contributed by atoms with van der Waals surface area (Å²) in [7, 11) is 0. The SMILES string of the molecule is CCCCNC(=S)Nc1nc(-c2ccccc2)c(-c2ccccc2)s1. The van der Waals surface area contributed by atoms with Gasteiger partial charge >= 0.3 is 0 Å². The van der Waals surface area contributed by atoms with Gasteiger partial charge in [-0.2, -0.15) is 0 Å². The van der Waals surface area contributed by atoms with E-state index in [0.717, 1.165) is 46.2 Å². The Labute approximate surface area is 158 Å². The monoisotopic (exact) mass is 367 g/mol. The Hall–Kier alpha value is -2.24. The lowest BCUT2D eigenvalue weighted by molar-refractivity contribution is 0.758.